The summed E-state index contributed by atoms with van der Waals surface area (Å²) in [7, 11) is 0. The molecule has 1 amide bonds. The first kappa shape index (κ1) is 14.3. The van der Waals surface area contributed by atoms with Crippen molar-refractivity contribution in [2.24, 2.45) is 0 Å². The minimum Gasteiger partial charge on any atom is -0.480 e. The number of rotatable bonds is 6. The number of amides is 1. The Hall–Kier alpha value is -1.10. The van der Waals surface area contributed by atoms with Crippen LogP contribution in [0.3, 0.4) is 0 Å². The van der Waals surface area contributed by atoms with E-state index in [1.807, 2.05) is 6.92 Å². The van der Waals surface area contributed by atoms with Gasteiger partial charge in [-0.05, 0) is 32.1 Å². The summed E-state index contributed by atoms with van der Waals surface area (Å²) in [6, 6.07) is 0. The first-order chi connectivity index (χ1) is 9.07. The zero-order valence-corrected chi connectivity index (χ0v) is 11.5. The van der Waals surface area contributed by atoms with Crippen LogP contribution in [0.4, 0.5) is 0 Å². The molecule has 0 aromatic heterocycles. The number of carboxylic acids is 1. The highest BCUT2D eigenvalue weighted by atomic mass is 16.5. The normalized spacial score (nSPS) is 23.6. The lowest BCUT2D eigenvalue weighted by Gasteiger charge is -2.27. The van der Waals surface area contributed by atoms with Gasteiger partial charge in [0.1, 0.15) is 11.6 Å². The Labute approximate surface area is 113 Å². The SMILES string of the molecule is CCC(OC1CCCCC1)C(=O)NC1(C(=O)O)CC1. The van der Waals surface area contributed by atoms with Crippen molar-refractivity contribution in [1.82, 2.24) is 5.32 Å². The predicted octanol–water partition coefficient (Wildman–Crippen LogP) is 1.85. The van der Waals surface area contributed by atoms with Crippen LogP contribution in [0.25, 0.3) is 0 Å². The Morgan fingerprint density at radius 2 is 1.95 bits per heavy atom. The summed E-state index contributed by atoms with van der Waals surface area (Å²) < 4.78 is 5.85. The highest BCUT2D eigenvalue weighted by molar-refractivity contribution is 5.91. The fourth-order valence-electron chi connectivity index (χ4n) is 2.61. The Bertz CT molecular complexity index is 345. The average Bonchev–Trinajstić information content (AvgIpc) is 3.18. The topological polar surface area (TPSA) is 75.6 Å². The number of nitrogens with one attached hydrogen (secondary N) is 1. The number of aliphatic carboxylic acids is 1. The van der Waals surface area contributed by atoms with Crippen LogP contribution in [0.5, 0.6) is 0 Å². The van der Waals surface area contributed by atoms with E-state index in [4.69, 9.17) is 9.84 Å². The van der Waals surface area contributed by atoms with Gasteiger partial charge in [0, 0.05) is 0 Å². The van der Waals surface area contributed by atoms with Crippen LogP contribution in [-0.2, 0) is 14.3 Å². The fraction of sp³-hybridized carbons (Fsp3) is 0.857. The van der Waals surface area contributed by atoms with Crippen molar-refractivity contribution in [2.45, 2.75) is 76.0 Å². The molecular weight excluding hydrogens is 246 g/mol. The van der Waals surface area contributed by atoms with E-state index in [-0.39, 0.29) is 12.0 Å². The largest absolute Gasteiger partial charge is 0.480 e. The molecule has 5 nitrogen and oxygen atoms in total. The molecule has 0 aliphatic heterocycles. The molecule has 2 saturated carbocycles. The van der Waals surface area contributed by atoms with Crippen LogP contribution < -0.4 is 5.32 Å². The van der Waals surface area contributed by atoms with E-state index in [0.29, 0.717) is 19.3 Å². The van der Waals surface area contributed by atoms with Crippen molar-refractivity contribution in [2.75, 3.05) is 0 Å². The van der Waals surface area contributed by atoms with Crippen molar-refractivity contribution < 1.29 is 19.4 Å². The Morgan fingerprint density at radius 3 is 2.42 bits per heavy atom. The summed E-state index contributed by atoms with van der Waals surface area (Å²) in [5.41, 5.74) is -1.01. The van der Waals surface area contributed by atoms with Crippen LogP contribution in [0.2, 0.25) is 0 Å². The first-order valence-corrected chi connectivity index (χ1v) is 7.28. The summed E-state index contributed by atoms with van der Waals surface area (Å²) in [5.74, 6) is -1.21. The summed E-state index contributed by atoms with van der Waals surface area (Å²) in [6.45, 7) is 1.90. The van der Waals surface area contributed by atoms with E-state index >= 15 is 0 Å². The van der Waals surface area contributed by atoms with E-state index in [2.05, 4.69) is 5.32 Å². The van der Waals surface area contributed by atoms with E-state index in [1.165, 1.54) is 6.42 Å². The quantitative estimate of drug-likeness (QED) is 0.771. The highest BCUT2D eigenvalue weighted by Gasteiger charge is 2.52. The predicted molar refractivity (Wildman–Crippen MR) is 69.8 cm³/mol. The molecule has 0 saturated heterocycles. The van der Waals surface area contributed by atoms with Crippen molar-refractivity contribution >= 4 is 11.9 Å². The van der Waals surface area contributed by atoms with E-state index in [0.717, 1.165) is 25.7 Å². The third-order valence-corrected chi connectivity index (χ3v) is 4.09. The second kappa shape index (κ2) is 5.90. The number of carboxylic acid groups (broad SMARTS) is 1. The third-order valence-electron chi connectivity index (χ3n) is 4.09. The summed E-state index contributed by atoms with van der Waals surface area (Å²) in [4.78, 5) is 23.2. The molecule has 108 valence electrons. The molecule has 2 aliphatic carbocycles. The molecule has 2 rings (SSSR count). The van der Waals surface area contributed by atoms with E-state index in [9.17, 15) is 9.59 Å². The molecule has 0 bridgehead atoms. The Balaban J connectivity index is 1.86. The van der Waals surface area contributed by atoms with Gasteiger partial charge >= 0.3 is 5.97 Å². The Morgan fingerprint density at radius 1 is 1.32 bits per heavy atom. The zero-order valence-electron chi connectivity index (χ0n) is 11.5. The van der Waals surface area contributed by atoms with Gasteiger partial charge in [-0.25, -0.2) is 4.79 Å². The van der Waals surface area contributed by atoms with Gasteiger partial charge in [-0.1, -0.05) is 26.2 Å². The molecule has 2 fully saturated rings. The van der Waals surface area contributed by atoms with Crippen LogP contribution in [0.1, 0.15) is 58.3 Å². The molecule has 0 aromatic carbocycles. The highest BCUT2D eigenvalue weighted by Crippen LogP contribution is 2.35. The number of hydrogen-bond donors (Lipinski definition) is 2. The van der Waals surface area contributed by atoms with Gasteiger partial charge in [-0.3, -0.25) is 4.79 Å². The summed E-state index contributed by atoms with van der Waals surface area (Å²) in [5, 5.41) is 11.7. The Kier molecular flexibility index (Phi) is 4.45. The fourth-order valence-corrected chi connectivity index (χ4v) is 2.61. The van der Waals surface area contributed by atoms with Crippen LogP contribution in [0, 0.1) is 0 Å². The molecule has 2 N–H and O–H groups in total. The lowest BCUT2D eigenvalue weighted by molar-refractivity contribution is -0.147. The van der Waals surface area contributed by atoms with Gasteiger partial charge in [-0.2, -0.15) is 0 Å². The van der Waals surface area contributed by atoms with Gasteiger partial charge < -0.3 is 15.2 Å². The van der Waals surface area contributed by atoms with Crippen LogP contribution >= 0.6 is 0 Å². The number of hydrogen-bond acceptors (Lipinski definition) is 3. The number of carbonyl (C=O) groups is 2. The van der Waals surface area contributed by atoms with Crippen molar-refractivity contribution in [3.05, 3.63) is 0 Å². The molecule has 2 aliphatic rings. The maximum Gasteiger partial charge on any atom is 0.329 e. The van der Waals surface area contributed by atoms with Crippen molar-refractivity contribution in [1.29, 1.82) is 0 Å². The first-order valence-electron chi connectivity index (χ1n) is 7.28. The smallest absolute Gasteiger partial charge is 0.329 e. The van der Waals surface area contributed by atoms with E-state index in [1.54, 1.807) is 0 Å². The molecule has 1 atom stereocenters. The minimum atomic E-state index is -1.01. The van der Waals surface area contributed by atoms with E-state index < -0.39 is 17.6 Å². The average molecular weight is 269 g/mol. The molecule has 19 heavy (non-hydrogen) atoms. The standard InChI is InChI=1S/C14H23NO4/c1-2-11(19-10-6-4-3-5-7-10)12(16)15-14(8-9-14)13(17)18/h10-11H,2-9H2,1H3,(H,15,16)(H,17,18). The second-order valence-electron chi connectivity index (χ2n) is 5.67. The molecule has 0 spiro atoms. The molecule has 0 radical (unpaired) electrons. The van der Waals surface area contributed by atoms with Crippen molar-refractivity contribution in [3.8, 4) is 0 Å². The molecule has 1 unspecified atom stereocenters. The second-order valence-corrected chi connectivity index (χ2v) is 5.67. The van der Waals surface area contributed by atoms with Gasteiger partial charge in [0.15, 0.2) is 0 Å². The molecule has 0 aromatic rings. The lowest BCUT2D eigenvalue weighted by Crippen LogP contribution is -2.48. The third kappa shape index (κ3) is 3.47. The monoisotopic (exact) mass is 269 g/mol. The number of ether oxygens (including phenoxy) is 1. The minimum absolute atomic E-state index is 0.157. The summed E-state index contributed by atoms with van der Waals surface area (Å²) in [6.07, 6.45) is 6.83. The summed E-state index contributed by atoms with van der Waals surface area (Å²) >= 11 is 0. The van der Waals surface area contributed by atoms with Crippen molar-refractivity contribution in [3.63, 3.8) is 0 Å². The zero-order chi connectivity index (χ0) is 13.9. The lowest BCUT2D eigenvalue weighted by atomic mass is 9.97. The van der Waals surface area contributed by atoms with Crippen LogP contribution in [-0.4, -0.2) is 34.7 Å². The van der Waals surface area contributed by atoms with Gasteiger partial charge in [-0.15, -0.1) is 0 Å². The van der Waals surface area contributed by atoms with Gasteiger partial charge in [0.2, 0.25) is 5.91 Å². The van der Waals surface area contributed by atoms with Crippen LogP contribution in [0.15, 0.2) is 0 Å². The molecular formula is C14H23NO4. The molecule has 5 heteroatoms. The number of carbonyl (C=O) groups excluding carboxylic acids is 1. The van der Waals surface area contributed by atoms with Gasteiger partial charge in [0.25, 0.3) is 0 Å². The maximum atomic E-state index is 12.1. The maximum absolute atomic E-state index is 12.1. The molecule has 0 heterocycles. The van der Waals surface area contributed by atoms with Gasteiger partial charge in [0.05, 0.1) is 6.10 Å².